The van der Waals surface area contributed by atoms with Crippen LogP contribution in [0.25, 0.3) is 11.0 Å². The second-order valence-corrected chi connectivity index (χ2v) is 6.09. The number of nitrogens with one attached hydrogen (secondary N) is 1. The predicted octanol–water partition coefficient (Wildman–Crippen LogP) is 2.60. The molecule has 6 heteroatoms. The Morgan fingerprint density at radius 1 is 1.35 bits per heavy atom. The summed E-state index contributed by atoms with van der Waals surface area (Å²) >= 11 is 0. The third kappa shape index (κ3) is 4.03. The fourth-order valence-corrected chi connectivity index (χ4v) is 2.18. The number of amides is 1. The first kappa shape index (κ1) is 16.9. The number of carboxylic acids is 1. The largest absolute Gasteiger partial charge is 0.497 e. The minimum Gasteiger partial charge on any atom is -0.497 e. The van der Waals surface area contributed by atoms with Crippen molar-refractivity contribution < 1.29 is 23.8 Å². The van der Waals surface area contributed by atoms with Gasteiger partial charge in [0.25, 0.3) is 0 Å². The van der Waals surface area contributed by atoms with Gasteiger partial charge in [-0.15, -0.1) is 0 Å². The highest BCUT2D eigenvalue weighted by Gasteiger charge is 2.26. The molecule has 1 heterocycles. The number of benzene rings is 1. The number of rotatable bonds is 7. The molecule has 0 aliphatic rings. The first-order valence-electron chi connectivity index (χ1n) is 7.37. The van der Waals surface area contributed by atoms with Crippen LogP contribution in [-0.4, -0.2) is 30.6 Å². The third-order valence-corrected chi connectivity index (χ3v) is 3.87. The zero-order valence-corrected chi connectivity index (χ0v) is 13.5. The van der Waals surface area contributed by atoms with E-state index >= 15 is 0 Å². The van der Waals surface area contributed by atoms with E-state index in [0.29, 0.717) is 24.3 Å². The van der Waals surface area contributed by atoms with Crippen LogP contribution in [0.3, 0.4) is 0 Å². The van der Waals surface area contributed by atoms with E-state index < -0.39 is 11.4 Å². The molecular weight excluding hydrogens is 298 g/mol. The van der Waals surface area contributed by atoms with Gasteiger partial charge in [-0.25, -0.2) is 0 Å². The van der Waals surface area contributed by atoms with Gasteiger partial charge in [-0.2, -0.15) is 0 Å². The zero-order chi connectivity index (χ0) is 17.0. The lowest BCUT2D eigenvalue weighted by molar-refractivity contribution is -0.147. The number of ether oxygens (including phenoxy) is 1. The van der Waals surface area contributed by atoms with Gasteiger partial charge in [-0.1, -0.05) is 0 Å². The van der Waals surface area contributed by atoms with Crippen molar-refractivity contribution in [2.75, 3.05) is 13.7 Å². The SMILES string of the molecule is COc1ccc2c(CC(=O)NCCC(C)(C)C(=O)O)coc2c1. The Labute approximate surface area is 134 Å². The summed E-state index contributed by atoms with van der Waals surface area (Å²) in [6.45, 7) is 3.60. The number of hydrogen-bond acceptors (Lipinski definition) is 4. The van der Waals surface area contributed by atoms with Gasteiger partial charge in [0.1, 0.15) is 11.3 Å². The van der Waals surface area contributed by atoms with Crippen molar-refractivity contribution in [1.82, 2.24) is 5.32 Å². The van der Waals surface area contributed by atoms with E-state index in [2.05, 4.69) is 5.32 Å². The number of methoxy groups -OCH3 is 1. The molecule has 0 spiro atoms. The third-order valence-electron chi connectivity index (χ3n) is 3.87. The highest BCUT2D eigenvalue weighted by atomic mass is 16.5. The maximum atomic E-state index is 12.0. The molecule has 2 rings (SSSR count). The molecule has 0 unspecified atom stereocenters. The molecule has 23 heavy (non-hydrogen) atoms. The summed E-state index contributed by atoms with van der Waals surface area (Å²) in [6, 6.07) is 5.44. The van der Waals surface area contributed by atoms with Crippen molar-refractivity contribution in [3.05, 3.63) is 30.0 Å². The molecule has 124 valence electrons. The summed E-state index contributed by atoms with van der Waals surface area (Å²) in [4.78, 5) is 23.0. The Balaban J connectivity index is 1.94. The van der Waals surface area contributed by atoms with Gasteiger partial charge in [-0.05, 0) is 32.4 Å². The zero-order valence-electron chi connectivity index (χ0n) is 13.5. The van der Waals surface area contributed by atoms with E-state index in [1.54, 1.807) is 33.3 Å². The maximum absolute atomic E-state index is 12.0. The van der Waals surface area contributed by atoms with Crippen molar-refractivity contribution in [2.45, 2.75) is 26.7 Å². The highest BCUT2D eigenvalue weighted by Crippen LogP contribution is 2.26. The summed E-state index contributed by atoms with van der Waals surface area (Å²) in [7, 11) is 1.58. The molecule has 2 aromatic rings. The van der Waals surface area contributed by atoms with Crippen LogP contribution in [0, 0.1) is 5.41 Å². The number of carbonyl (C=O) groups is 2. The van der Waals surface area contributed by atoms with Crippen LogP contribution in [0.2, 0.25) is 0 Å². The Morgan fingerprint density at radius 3 is 2.74 bits per heavy atom. The molecule has 0 saturated carbocycles. The number of carboxylic acid groups (broad SMARTS) is 1. The summed E-state index contributed by atoms with van der Waals surface area (Å²) < 4.78 is 10.6. The number of furan rings is 1. The van der Waals surface area contributed by atoms with E-state index in [9.17, 15) is 9.59 Å². The smallest absolute Gasteiger partial charge is 0.309 e. The summed E-state index contributed by atoms with van der Waals surface area (Å²) in [6.07, 6.45) is 2.12. The van der Waals surface area contributed by atoms with Crippen molar-refractivity contribution >= 4 is 22.8 Å². The minimum absolute atomic E-state index is 0.162. The molecule has 0 aliphatic carbocycles. The second-order valence-electron chi connectivity index (χ2n) is 6.09. The Bertz CT molecular complexity index is 717. The molecule has 1 aromatic heterocycles. The standard InChI is InChI=1S/C17H21NO5/c1-17(2,16(20)21)6-7-18-15(19)8-11-10-23-14-9-12(22-3)4-5-13(11)14/h4-5,9-10H,6-8H2,1-3H3,(H,18,19)(H,20,21). The highest BCUT2D eigenvalue weighted by molar-refractivity contribution is 5.88. The monoisotopic (exact) mass is 319 g/mol. The quantitative estimate of drug-likeness (QED) is 0.819. The number of aliphatic carboxylic acids is 1. The summed E-state index contributed by atoms with van der Waals surface area (Å²) in [5.74, 6) is -0.343. The van der Waals surface area contributed by atoms with E-state index in [0.717, 1.165) is 10.9 Å². The fraction of sp³-hybridized carbons (Fsp3) is 0.412. The van der Waals surface area contributed by atoms with Crippen LogP contribution >= 0.6 is 0 Å². The van der Waals surface area contributed by atoms with E-state index in [4.69, 9.17) is 14.3 Å². The molecule has 1 aromatic carbocycles. The van der Waals surface area contributed by atoms with Crippen LogP contribution in [0.1, 0.15) is 25.8 Å². The maximum Gasteiger partial charge on any atom is 0.309 e. The van der Waals surface area contributed by atoms with Crippen molar-refractivity contribution in [2.24, 2.45) is 5.41 Å². The Morgan fingerprint density at radius 2 is 2.09 bits per heavy atom. The van der Waals surface area contributed by atoms with Crippen LogP contribution in [0.4, 0.5) is 0 Å². The lowest BCUT2D eigenvalue weighted by Crippen LogP contribution is -2.32. The molecule has 0 bridgehead atoms. The lowest BCUT2D eigenvalue weighted by Gasteiger charge is -2.18. The topological polar surface area (TPSA) is 88.8 Å². The second kappa shape index (κ2) is 6.73. The molecule has 0 saturated heterocycles. The number of hydrogen-bond donors (Lipinski definition) is 2. The summed E-state index contributed by atoms with van der Waals surface area (Å²) in [5, 5.41) is 12.7. The summed E-state index contributed by atoms with van der Waals surface area (Å²) in [5.41, 5.74) is 0.600. The molecule has 1 amide bonds. The van der Waals surface area contributed by atoms with Gasteiger partial charge in [0.15, 0.2) is 0 Å². The normalized spacial score (nSPS) is 11.4. The van der Waals surface area contributed by atoms with Gasteiger partial charge < -0.3 is 19.6 Å². The van der Waals surface area contributed by atoms with Gasteiger partial charge in [0, 0.05) is 23.6 Å². The van der Waals surface area contributed by atoms with Crippen LogP contribution < -0.4 is 10.1 Å². The molecule has 2 N–H and O–H groups in total. The molecule has 6 nitrogen and oxygen atoms in total. The minimum atomic E-state index is -0.874. The molecule has 0 radical (unpaired) electrons. The van der Waals surface area contributed by atoms with Crippen LogP contribution in [-0.2, 0) is 16.0 Å². The molecule has 0 fully saturated rings. The van der Waals surface area contributed by atoms with Crippen LogP contribution in [0.15, 0.2) is 28.9 Å². The van der Waals surface area contributed by atoms with Crippen molar-refractivity contribution in [3.8, 4) is 5.75 Å². The fourth-order valence-electron chi connectivity index (χ4n) is 2.18. The Hall–Kier alpha value is -2.50. The molecular formula is C17H21NO5. The predicted molar refractivity (Wildman–Crippen MR) is 85.5 cm³/mol. The Kier molecular flexibility index (Phi) is 4.93. The van der Waals surface area contributed by atoms with Gasteiger partial charge in [0.05, 0.1) is 25.2 Å². The first-order valence-corrected chi connectivity index (χ1v) is 7.37. The molecule has 0 atom stereocenters. The van der Waals surface area contributed by atoms with E-state index in [1.807, 2.05) is 12.1 Å². The van der Waals surface area contributed by atoms with Gasteiger partial charge in [0.2, 0.25) is 5.91 Å². The average molecular weight is 319 g/mol. The number of carbonyl (C=O) groups excluding carboxylic acids is 1. The number of fused-ring (bicyclic) bond motifs is 1. The van der Waals surface area contributed by atoms with Crippen molar-refractivity contribution in [3.63, 3.8) is 0 Å². The van der Waals surface area contributed by atoms with E-state index in [-0.39, 0.29) is 12.3 Å². The first-order chi connectivity index (χ1) is 10.8. The molecule has 0 aliphatic heterocycles. The average Bonchev–Trinajstić information content (AvgIpc) is 2.89. The van der Waals surface area contributed by atoms with E-state index in [1.165, 1.54) is 0 Å². The lowest BCUT2D eigenvalue weighted by atomic mass is 9.90. The van der Waals surface area contributed by atoms with Gasteiger partial charge in [-0.3, -0.25) is 9.59 Å². The van der Waals surface area contributed by atoms with Crippen LogP contribution in [0.5, 0.6) is 5.75 Å². The van der Waals surface area contributed by atoms with Gasteiger partial charge >= 0.3 is 5.97 Å². The van der Waals surface area contributed by atoms with Crippen molar-refractivity contribution in [1.29, 1.82) is 0 Å².